The number of hydrogen-bond acceptors (Lipinski definition) is 5. The fraction of sp³-hybridized carbons (Fsp3) is 0.417. The first-order valence-corrected chi connectivity index (χ1v) is 6.20. The molecule has 7 nitrogen and oxygen atoms in total. The largest absolute Gasteiger partial charge is 0.353 e. The van der Waals surface area contributed by atoms with Gasteiger partial charge in [0, 0.05) is 19.0 Å². The predicted molar refractivity (Wildman–Crippen MR) is 70.2 cm³/mol. The Morgan fingerprint density at radius 3 is 2.84 bits per heavy atom. The Kier molecular flexibility index (Phi) is 4.30. The van der Waals surface area contributed by atoms with Crippen LogP contribution in [0, 0.1) is 0 Å². The average molecular weight is 263 g/mol. The first kappa shape index (κ1) is 13.3. The van der Waals surface area contributed by atoms with Crippen molar-refractivity contribution in [1.82, 2.24) is 15.6 Å². The number of nitrogens with zero attached hydrogens (tertiary/aromatic N) is 1. The normalized spacial score (nSPS) is 13.7. The van der Waals surface area contributed by atoms with Gasteiger partial charge >= 0.3 is 0 Å². The van der Waals surface area contributed by atoms with Crippen LogP contribution in [0.2, 0.25) is 0 Å². The summed E-state index contributed by atoms with van der Waals surface area (Å²) in [6.45, 7) is 0.291. The molecule has 102 valence electrons. The summed E-state index contributed by atoms with van der Waals surface area (Å²) >= 11 is 0. The quantitative estimate of drug-likeness (QED) is 0.418. The van der Waals surface area contributed by atoms with E-state index in [9.17, 15) is 9.59 Å². The molecule has 1 saturated carbocycles. The van der Waals surface area contributed by atoms with Gasteiger partial charge in [-0.1, -0.05) is 6.07 Å². The van der Waals surface area contributed by atoms with E-state index in [1.165, 1.54) is 0 Å². The van der Waals surface area contributed by atoms with Crippen LogP contribution in [0.15, 0.2) is 18.2 Å². The van der Waals surface area contributed by atoms with Crippen LogP contribution >= 0.6 is 0 Å². The first-order chi connectivity index (χ1) is 9.19. The summed E-state index contributed by atoms with van der Waals surface area (Å²) < 4.78 is 0. The number of anilines is 1. The summed E-state index contributed by atoms with van der Waals surface area (Å²) in [4.78, 5) is 27.2. The van der Waals surface area contributed by atoms with Gasteiger partial charge in [-0.2, -0.15) is 0 Å². The Labute approximate surface area is 110 Å². The number of pyridine rings is 1. The van der Waals surface area contributed by atoms with Crippen molar-refractivity contribution in [3.8, 4) is 0 Å². The molecule has 5 N–H and O–H groups in total. The minimum Gasteiger partial charge on any atom is -0.353 e. The second-order valence-electron chi connectivity index (χ2n) is 4.40. The molecule has 0 unspecified atom stereocenters. The van der Waals surface area contributed by atoms with Crippen molar-refractivity contribution in [2.45, 2.75) is 25.3 Å². The number of amides is 2. The standard InChI is InChI=1S/C12H17N5O2/c13-17-10-3-1-2-9(16-10)12(19)14-7-6-11(18)15-8-4-5-8/h1-3,8H,4-7,13H2,(H,14,19)(H,15,18)(H,16,17). The van der Waals surface area contributed by atoms with E-state index in [1.807, 2.05) is 0 Å². The highest BCUT2D eigenvalue weighted by Gasteiger charge is 2.22. The fourth-order valence-electron chi connectivity index (χ4n) is 1.55. The number of hydrogen-bond donors (Lipinski definition) is 4. The van der Waals surface area contributed by atoms with Crippen LogP contribution in [0.25, 0.3) is 0 Å². The third kappa shape index (κ3) is 4.22. The number of nitrogen functional groups attached to an aromatic ring is 1. The summed E-state index contributed by atoms with van der Waals surface area (Å²) in [5.74, 6) is 5.27. The molecule has 0 aromatic carbocycles. The summed E-state index contributed by atoms with van der Waals surface area (Å²) in [5.41, 5.74) is 2.63. The van der Waals surface area contributed by atoms with Crippen LogP contribution in [-0.2, 0) is 4.79 Å². The van der Waals surface area contributed by atoms with Gasteiger partial charge in [-0.15, -0.1) is 0 Å². The summed E-state index contributed by atoms with van der Waals surface area (Å²) in [7, 11) is 0. The lowest BCUT2D eigenvalue weighted by Crippen LogP contribution is -2.32. The van der Waals surface area contributed by atoms with E-state index in [-0.39, 0.29) is 23.9 Å². The molecule has 1 aliphatic rings. The summed E-state index contributed by atoms with van der Waals surface area (Å²) in [6.07, 6.45) is 2.39. The van der Waals surface area contributed by atoms with E-state index >= 15 is 0 Å². The molecular formula is C12H17N5O2. The Balaban J connectivity index is 1.75. The highest BCUT2D eigenvalue weighted by Crippen LogP contribution is 2.18. The lowest BCUT2D eigenvalue weighted by Gasteiger charge is -2.06. The maximum Gasteiger partial charge on any atom is 0.269 e. The van der Waals surface area contributed by atoms with Gasteiger partial charge in [-0.25, -0.2) is 10.8 Å². The topological polar surface area (TPSA) is 109 Å². The van der Waals surface area contributed by atoms with E-state index in [0.29, 0.717) is 18.4 Å². The number of nitrogens with one attached hydrogen (secondary N) is 3. The van der Waals surface area contributed by atoms with E-state index in [0.717, 1.165) is 12.8 Å². The van der Waals surface area contributed by atoms with Gasteiger partial charge in [0.05, 0.1) is 0 Å². The number of carbonyl (C=O) groups excluding carboxylic acids is 2. The minimum absolute atomic E-state index is 0.0341. The van der Waals surface area contributed by atoms with Crippen LogP contribution in [-0.4, -0.2) is 29.4 Å². The second kappa shape index (κ2) is 6.14. The summed E-state index contributed by atoms with van der Waals surface area (Å²) in [5, 5.41) is 5.50. The molecule has 0 atom stereocenters. The van der Waals surface area contributed by atoms with Crippen LogP contribution in [0.1, 0.15) is 29.8 Å². The molecule has 2 amide bonds. The van der Waals surface area contributed by atoms with E-state index in [2.05, 4.69) is 21.0 Å². The van der Waals surface area contributed by atoms with Crippen molar-refractivity contribution >= 4 is 17.6 Å². The minimum atomic E-state index is -0.323. The first-order valence-electron chi connectivity index (χ1n) is 6.20. The van der Waals surface area contributed by atoms with Crippen LogP contribution in [0.3, 0.4) is 0 Å². The molecule has 1 aromatic heterocycles. The van der Waals surface area contributed by atoms with Crippen molar-refractivity contribution < 1.29 is 9.59 Å². The molecular weight excluding hydrogens is 246 g/mol. The van der Waals surface area contributed by atoms with Gasteiger partial charge in [0.25, 0.3) is 5.91 Å². The van der Waals surface area contributed by atoms with Crippen LogP contribution in [0.4, 0.5) is 5.82 Å². The zero-order chi connectivity index (χ0) is 13.7. The third-order valence-electron chi connectivity index (χ3n) is 2.71. The number of aromatic nitrogens is 1. The summed E-state index contributed by atoms with van der Waals surface area (Å²) in [6, 6.07) is 5.26. The Hall–Kier alpha value is -2.15. The molecule has 0 aliphatic heterocycles. The predicted octanol–water partition coefficient (Wildman–Crippen LogP) is -0.234. The highest BCUT2D eigenvalue weighted by atomic mass is 16.2. The third-order valence-corrected chi connectivity index (χ3v) is 2.71. The van der Waals surface area contributed by atoms with E-state index in [1.54, 1.807) is 18.2 Å². The maximum atomic E-state index is 11.8. The maximum absolute atomic E-state index is 11.8. The van der Waals surface area contributed by atoms with Crippen molar-refractivity contribution in [2.75, 3.05) is 12.0 Å². The smallest absolute Gasteiger partial charge is 0.269 e. The van der Waals surface area contributed by atoms with E-state index in [4.69, 9.17) is 5.84 Å². The molecule has 0 saturated heterocycles. The van der Waals surface area contributed by atoms with Crippen LogP contribution < -0.4 is 21.9 Å². The SMILES string of the molecule is NNc1cccc(C(=O)NCCC(=O)NC2CC2)n1. The molecule has 7 heteroatoms. The highest BCUT2D eigenvalue weighted by molar-refractivity contribution is 5.92. The molecule has 19 heavy (non-hydrogen) atoms. The number of hydrazine groups is 1. The van der Waals surface area contributed by atoms with Gasteiger partial charge in [-0.3, -0.25) is 9.59 Å². The monoisotopic (exact) mass is 263 g/mol. The molecule has 1 fully saturated rings. The molecule has 0 radical (unpaired) electrons. The molecule has 2 rings (SSSR count). The molecule has 0 bridgehead atoms. The van der Waals surface area contributed by atoms with Gasteiger partial charge in [0.1, 0.15) is 11.5 Å². The molecule has 0 spiro atoms. The Morgan fingerprint density at radius 1 is 1.37 bits per heavy atom. The molecule has 1 aromatic rings. The zero-order valence-corrected chi connectivity index (χ0v) is 10.5. The van der Waals surface area contributed by atoms with Crippen molar-refractivity contribution in [3.63, 3.8) is 0 Å². The Morgan fingerprint density at radius 2 is 2.16 bits per heavy atom. The van der Waals surface area contributed by atoms with E-state index < -0.39 is 0 Å². The van der Waals surface area contributed by atoms with Crippen molar-refractivity contribution in [2.24, 2.45) is 5.84 Å². The zero-order valence-electron chi connectivity index (χ0n) is 10.5. The van der Waals surface area contributed by atoms with Crippen molar-refractivity contribution in [1.29, 1.82) is 0 Å². The number of rotatable bonds is 6. The number of carbonyl (C=O) groups is 2. The molecule has 1 aliphatic carbocycles. The van der Waals surface area contributed by atoms with Gasteiger partial charge in [0.2, 0.25) is 5.91 Å². The van der Waals surface area contributed by atoms with Crippen molar-refractivity contribution in [3.05, 3.63) is 23.9 Å². The Bertz CT molecular complexity index is 473. The lowest BCUT2D eigenvalue weighted by molar-refractivity contribution is -0.121. The number of nitrogens with two attached hydrogens (primary N) is 1. The average Bonchev–Trinajstić information content (AvgIpc) is 3.22. The molecule has 1 heterocycles. The van der Waals surface area contributed by atoms with Gasteiger partial charge in [-0.05, 0) is 25.0 Å². The van der Waals surface area contributed by atoms with Gasteiger partial charge < -0.3 is 16.1 Å². The van der Waals surface area contributed by atoms with Crippen LogP contribution in [0.5, 0.6) is 0 Å². The lowest BCUT2D eigenvalue weighted by atomic mass is 10.3. The second-order valence-corrected chi connectivity index (χ2v) is 4.40. The van der Waals surface area contributed by atoms with Gasteiger partial charge in [0.15, 0.2) is 0 Å². The fourth-order valence-corrected chi connectivity index (χ4v) is 1.55.